The van der Waals surface area contributed by atoms with Crippen molar-refractivity contribution in [3.8, 4) is 0 Å². The maximum absolute atomic E-state index is 4.38. The summed E-state index contributed by atoms with van der Waals surface area (Å²) < 4.78 is 1.74. The number of rotatable bonds is 7. The lowest BCUT2D eigenvalue weighted by Crippen LogP contribution is -2.40. The van der Waals surface area contributed by atoms with Crippen molar-refractivity contribution in [2.24, 2.45) is 12.0 Å². The fraction of sp³-hybridized carbons (Fsp3) is 0.400. The zero-order valence-electron chi connectivity index (χ0n) is 17.0. The molecule has 0 fully saturated rings. The van der Waals surface area contributed by atoms with E-state index < -0.39 is 0 Å². The second-order valence-electron chi connectivity index (χ2n) is 6.65. The van der Waals surface area contributed by atoms with Gasteiger partial charge in [0.25, 0.3) is 0 Å². The van der Waals surface area contributed by atoms with Crippen LogP contribution in [0.2, 0.25) is 0 Å². The van der Waals surface area contributed by atoms with Gasteiger partial charge in [-0.05, 0) is 17.5 Å². The minimum atomic E-state index is 0.707. The third-order valence-electron chi connectivity index (χ3n) is 4.65. The van der Waals surface area contributed by atoms with Crippen LogP contribution in [-0.2, 0) is 20.0 Å². The number of nitrogens with one attached hydrogen (secondary N) is 2. The number of hydrogen-bond donors (Lipinski definition) is 2. The molecule has 2 N–H and O–H groups in total. The van der Waals surface area contributed by atoms with Crippen molar-refractivity contribution >= 4 is 22.8 Å². The summed E-state index contributed by atoms with van der Waals surface area (Å²) in [6.45, 7) is 4.40. The molecule has 0 aliphatic rings. The van der Waals surface area contributed by atoms with Crippen LogP contribution in [0.3, 0.4) is 0 Å². The Morgan fingerprint density at radius 3 is 2.61 bits per heavy atom. The van der Waals surface area contributed by atoms with E-state index in [1.54, 1.807) is 24.3 Å². The average molecular weight is 381 g/mol. The molecule has 0 amide bonds. The largest absolute Gasteiger partial charge is 0.368 e. The van der Waals surface area contributed by atoms with Crippen LogP contribution in [0.15, 0.2) is 41.8 Å². The monoisotopic (exact) mass is 380 g/mol. The summed E-state index contributed by atoms with van der Waals surface area (Å²) in [4.78, 5) is 15.1. The lowest BCUT2D eigenvalue weighted by Gasteiger charge is -2.22. The van der Waals surface area contributed by atoms with Crippen LogP contribution in [-0.4, -0.2) is 57.8 Å². The van der Waals surface area contributed by atoms with E-state index in [1.165, 1.54) is 11.1 Å². The highest BCUT2D eigenvalue weighted by atomic mass is 15.3. The molecule has 0 aliphatic carbocycles. The third-order valence-corrected chi connectivity index (χ3v) is 4.65. The molecule has 8 heteroatoms. The van der Waals surface area contributed by atoms with Crippen LogP contribution < -0.4 is 10.6 Å². The number of nitrogens with zero attached hydrogens (tertiary/aromatic N) is 6. The third kappa shape index (κ3) is 4.57. The van der Waals surface area contributed by atoms with E-state index in [1.807, 2.05) is 14.1 Å². The maximum Gasteiger partial charge on any atom is 0.193 e. The molecule has 0 unspecified atom stereocenters. The summed E-state index contributed by atoms with van der Waals surface area (Å²) in [7, 11) is 5.71. The molecule has 3 rings (SSSR count). The zero-order chi connectivity index (χ0) is 19.9. The Kier molecular flexibility index (Phi) is 6.41. The van der Waals surface area contributed by atoms with Gasteiger partial charge < -0.3 is 15.5 Å². The average Bonchev–Trinajstić information content (AvgIpc) is 3.10. The first-order valence-corrected chi connectivity index (χ1v) is 9.48. The van der Waals surface area contributed by atoms with Gasteiger partial charge in [-0.2, -0.15) is 5.10 Å². The van der Waals surface area contributed by atoms with Gasteiger partial charge in [0, 0.05) is 40.8 Å². The zero-order valence-corrected chi connectivity index (χ0v) is 17.0. The molecule has 0 atom stereocenters. The standard InChI is InChI=1S/C20H28N8/c1-5-15-6-8-16(9-7-15)13-27(3)20(21-2)23-11-10-22-18-17-12-26-28(4)19(17)25-14-24-18/h6-9,12,14H,5,10-11,13H2,1-4H3,(H,21,23)(H,22,24,25). The van der Waals surface area contributed by atoms with Crippen molar-refractivity contribution in [2.75, 3.05) is 32.5 Å². The van der Waals surface area contributed by atoms with Gasteiger partial charge in [0.15, 0.2) is 11.6 Å². The van der Waals surface area contributed by atoms with Crippen LogP contribution in [0, 0.1) is 0 Å². The van der Waals surface area contributed by atoms with Crippen molar-refractivity contribution in [2.45, 2.75) is 19.9 Å². The Balaban J connectivity index is 1.50. The molecular formula is C20H28N8. The lowest BCUT2D eigenvalue weighted by molar-refractivity contribution is 0.478. The normalized spacial score (nSPS) is 11.6. The SMILES string of the molecule is CCc1ccc(CN(C)C(=NC)NCCNc2ncnc3c2cnn3C)cc1. The van der Waals surface area contributed by atoms with Crippen LogP contribution in [0.1, 0.15) is 18.1 Å². The number of benzene rings is 1. The molecule has 2 heterocycles. The molecule has 148 valence electrons. The number of anilines is 1. The lowest BCUT2D eigenvalue weighted by atomic mass is 10.1. The molecule has 3 aromatic rings. The second-order valence-corrected chi connectivity index (χ2v) is 6.65. The van der Waals surface area contributed by atoms with Gasteiger partial charge in [-0.3, -0.25) is 9.67 Å². The van der Waals surface area contributed by atoms with Gasteiger partial charge in [-0.1, -0.05) is 31.2 Å². The molecular weight excluding hydrogens is 352 g/mol. The van der Waals surface area contributed by atoms with Gasteiger partial charge in [-0.15, -0.1) is 0 Å². The van der Waals surface area contributed by atoms with Crippen molar-refractivity contribution in [3.63, 3.8) is 0 Å². The topological polar surface area (TPSA) is 83.3 Å². The Bertz CT molecular complexity index is 929. The first-order valence-electron chi connectivity index (χ1n) is 9.48. The fourth-order valence-electron chi connectivity index (χ4n) is 3.07. The highest BCUT2D eigenvalue weighted by Gasteiger charge is 2.08. The number of aryl methyl sites for hydroxylation is 2. The Hall–Kier alpha value is -3.16. The Labute approximate surface area is 165 Å². The summed E-state index contributed by atoms with van der Waals surface area (Å²) in [5.74, 6) is 1.65. The van der Waals surface area contributed by atoms with E-state index in [-0.39, 0.29) is 0 Å². The van der Waals surface area contributed by atoms with Crippen LogP contribution >= 0.6 is 0 Å². The van der Waals surface area contributed by atoms with Crippen molar-refractivity contribution < 1.29 is 0 Å². The minimum Gasteiger partial charge on any atom is -0.368 e. The Morgan fingerprint density at radius 2 is 1.89 bits per heavy atom. The molecule has 28 heavy (non-hydrogen) atoms. The van der Waals surface area contributed by atoms with E-state index in [9.17, 15) is 0 Å². The van der Waals surface area contributed by atoms with Crippen molar-refractivity contribution in [3.05, 3.63) is 47.9 Å². The van der Waals surface area contributed by atoms with Crippen molar-refractivity contribution in [1.82, 2.24) is 30.0 Å². The quantitative estimate of drug-likeness (QED) is 0.371. The van der Waals surface area contributed by atoms with E-state index in [4.69, 9.17) is 0 Å². The first-order chi connectivity index (χ1) is 13.6. The number of fused-ring (bicyclic) bond motifs is 1. The molecule has 0 aliphatic heterocycles. The molecule has 0 spiro atoms. The molecule has 0 saturated heterocycles. The highest BCUT2D eigenvalue weighted by molar-refractivity contribution is 5.86. The predicted octanol–water partition coefficient (Wildman–Crippen LogP) is 2.04. The van der Waals surface area contributed by atoms with Gasteiger partial charge in [0.1, 0.15) is 12.1 Å². The molecule has 0 saturated carbocycles. The van der Waals surface area contributed by atoms with Gasteiger partial charge >= 0.3 is 0 Å². The van der Waals surface area contributed by atoms with Crippen LogP contribution in [0.4, 0.5) is 5.82 Å². The molecule has 8 nitrogen and oxygen atoms in total. The van der Waals surface area contributed by atoms with Crippen molar-refractivity contribution in [1.29, 1.82) is 0 Å². The molecule has 2 aromatic heterocycles. The Morgan fingerprint density at radius 1 is 1.14 bits per heavy atom. The molecule has 0 bridgehead atoms. The summed E-state index contributed by atoms with van der Waals surface area (Å²) in [6, 6.07) is 8.73. The molecule has 1 aromatic carbocycles. The number of hydrogen-bond acceptors (Lipinski definition) is 5. The van der Waals surface area contributed by atoms with E-state index in [2.05, 4.69) is 66.8 Å². The van der Waals surface area contributed by atoms with Crippen LogP contribution in [0.25, 0.3) is 11.0 Å². The highest BCUT2D eigenvalue weighted by Crippen LogP contribution is 2.17. The predicted molar refractivity (Wildman–Crippen MR) is 113 cm³/mol. The second kappa shape index (κ2) is 9.16. The minimum absolute atomic E-state index is 0.707. The summed E-state index contributed by atoms with van der Waals surface area (Å²) in [6.07, 6.45) is 4.39. The summed E-state index contributed by atoms with van der Waals surface area (Å²) in [5.41, 5.74) is 3.43. The first kappa shape index (κ1) is 19.6. The van der Waals surface area contributed by atoms with Gasteiger partial charge in [0.2, 0.25) is 0 Å². The number of aromatic nitrogens is 4. The molecule has 0 radical (unpaired) electrons. The summed E-state index contributed by atoms with van der Waals surface area (Å²) in [5, 5.41) is 11.9. The van der Waals surface area contributed by atoms with Gasteiger partial charge in [0.05, 0.1) is 11.6 Å². The fourth-order valence-corrected chi connectivity index (χ4v) is 3.07. The number of guanidine groups is 1. The summed E-state index contributed by atoms with van der Waals surface area (Å²) >= 11 is 0. The smallest absolute Gasteiger partial charge is 0.193 e. The maximum atomic E-state index is 4.38. The van der Waals surface area contributed by atoms with E-state index >= 15 is 0 Å². The van der Waals surface area contributed by atoms with Crippen LogP contribution in [0.5, 0.6) is 0 Å². The van der Waals surface area contributed by atoms with E-state index in [0.717, 1.165) is 42.3 Å². The number of aliphatic imine (C=N–C) groups is 1. The van der Waals surface area contributed by atoms with Gasteiger partial charge in [-0.25, -0.2) is 9.97 Å². The van der Waals surface area contributed by atoms with E-state index in [0.29, 0.717) is 6.54 Å².